The van der Waals surface area contributed by atoms with Gasteiger partial charge in [0.2, 0.25) is 5.91 Å². The molecule has 0 spiro atoms. The molecule has 0 aliphatic carbocycles. The molecule has 0 saturated heterocycles. The van der Waals surface area contributed by atoms with Crippen molar-refractivity contribution >= 4 is 32.6 Å². The Morgan fingerprint density at radius 3 is 3.07 bits per heavy atom. The number of nitrogens with zero attached hydrogens (tertiary/aromatic N) is 2. The Bertz CT molecular complexity index is 568. The number of hydrogen-bond acceptors (Lipinski definition) is 4. The molecule has 0 unspecified atom stereocenters. The summed E-state index contributed by atoms with van der Waals surface area (Å²) in [6.45, 7) is 1.44. The average molecular weight is 217 g/mol. The fourth-order valence-corrected chi connectivity index (χ4v) is 2.15. The van der Waals surface area contributed by atoms with Crippen LogP contribution in [0, 0.1) is 11.3 Å². The molecule has 1 aromatic heterocycles. The van der Waals surface area contributed by atoms with Crippen LogP contribution in [0.2, 0.25) is 0 Å². The minimum Gasteiger partial charge on any atom is -0.302 e. The smallest absolute Gasteiger partial charge is 0.223 e. The van der Waals surface area contributed by atoms with E-state index >= 15 is 0 Å². The summed E-state index contributed by atoms with van der Waals surface area (Å²) in [6, 6.07) is 7.30. The SMILES string of the molecule is CC(=O)Nc1nc2ccc(C#N)cc2s1. The second-order valence-corrected chi connectivity index (χ2v) is 4.03. The molecule has 5 heteroatoms. The molecule has 0 bridgehead atoms. The highest BCUT2D eigenvalue weighted by Gasteiger charge is 2.05. The molecule has 74 valence electrons. The number of anilines is 1. The highest BCUT2D eigenvalue weighted by molar-refractivity contribution is 7.22. The van der Waals surface area contributed by atoms with Gasteiger partial charge in [-0.1, -0.05) is 11.3 Å². The summed E-state index contributed by atoms with van der Waals surface area (Å²) in [5, 5.41) is 11.9. The maximum atomic E-state index is 10.8. The number of carbonyl (C=O) groups is 1. The van der Waals surface area contributed by atoms with Gasteiger partial charge in [-0.15, -0.1) is 0 Å². The van der Waals surface area contributed by atoms with E-state index in [-0.39, 0.29) is 5.91 Å². The van der Waals surface area contributed by atoms with Crippen LogP contribution >= 0.6 is 11.3 Å². The molecule has 4 nitrogen and oxygen atoms in total. The predicted octanol–water partition coefficient (Wildman–Crippen LogP) is 2.13. The molecule has 0 aliphatic rings. The molecule has 0 saturated carbocycles. The number of aromatic nitrogens is 1. The molecular formula is C10H7N3OS. The third-order valence-corrected chi connectivity index (χ3v) is 2.73. The lowest BCUT2D eigenvalue weighted by Crippen LogP contribution is -2.04. The van der Waals surface area contributed by atoms with E-state index in [4.69, 9.17) is 5.26 Å². The fraction of sp³-hybridized carbons (Fsp3) is 0.100. The largest absolute Gasteiger partial charge is 0.302 e. The van der Waals surface area contributed by atoms with Crippen molar-refractivity contribution < 1.29 is 4.79 Å². The number of rotatable bonds is 1. The topological polar surface area (TPSA) is 65.8 Å². The average Bonchev–Trinajstić information content (AvgIpc) is 2.57. The van der Waals surface area contributed by atoms with E-state index < -0.39 is 0 Å². The highest BCUT2D eigenvalue weighted by Crippen LogP contribution is 2.26. The summed E-state index contributed by atoms with van der Waals surface area (Å²) in [4.78, 5) is 15.0. The first-order valence-electron chi connectivity index (χ1n) is 4.27. The summed E-state index contributed by atoms with van der Waals surface area (Å²) in [5.41, 5.74) is 1.39. The standard InChI is InChI=1S/C10H7N3OS/c1-6(14)12-10-13-8-3-2-7(5-11)4-9(8)15-10/h2-4H,1H3,(H,12,13,14). The lowest BCUT2D eigenvalue weighted by molar-refractivity contribution is -0.114. The van der Waals surface area contributed by atoms with Crippen LogP contribution in [0.5, 0.6) is 0 Å². The van der Waals surface area contributed by atoms with Gasteiger partial charge in [0.1, 0.15) is 0 Å². The first-order valence-corrected chi connectivity index (χ1v) is 5.09. The zero-order valence-corrected chi connectivity index (χ0v) is 8.76. The minimum atomic E-state index is -0.144. The van der Waals surface area contributed by atoms with Crippen molar-refractivity contribution in [2.45, 2.75) is 6.92 Å². The Morgan fingerprint density at radius 2 is 2.40 bits per heavy atom. The maximum Gasteiger partial charge on any atom is 0.223 e. The first kappa shape index (κ1) is 9.62. The Hall–Kier alpha value is -1.93. The zero-order valence-electron chi connectivity index (χ0n) is 7.94. The van der Waals surface area contributed by atoms with Crippen molar-refractivity contribution in [3.63, 3.8) is 0 Å². The van der Waals surface area contributed by atoms with Gasteiger partial charge in [0, 0.05) is 6.92 Å². The number of benzene rings is 1. The third-order valence-electron chi connectivity index (χ3n) is 1.80. The molecular weight excluding hydrogens is 210 g/mol. The van der Waals surface area contributed by atoms with E-state index in [2.05, 4.69) is 16.4 Å². The van der Waals surface area contributed by atoms with Gasteiger partial charge in [-0.3, -0.25) is 4.79 Å². The van der Waals surface area contributed by atoms with Crippen LogP contribution in [0.4, 0.5) is 5.13 Å². The Balaban J connectivity index is 2.47. The monoisotopic (exact) mass is 217 g/mol. The van der Waals surface area contributed by atoms with Gasteiger partial charge >= 0.3 is 0 Å². The number of amides is 1. The maximum absolute atomic E-state index is 10.8. The molecule has 1 N–H and O–H groups in total. The zero-order chi connectivity index (χ0) is 10.8. The van der Waals surface area contributed by atoms with Crippen molar-refractivity contribution in [1.29, 1.82) is 5.26 Å². The van der Waals surface area contributed by atoms with Gasteiger partial charge in [0.25, 0.3) is 0 Å². The molecule has 0 atom stereocenters. The molecule has 1 heterocycles. The van der Waals surface area contributed by atoms with Gasteiger partial charge in [-0.25, -0.2) is 4.98 Å². The molecule has 2 rings (SSSR count). The number of carbonyl (C=O) groups excluding carboxylic acids is 1. The number of hydrogen-bond donors (Lipinski definition) is 1. The number of fused-ring (bicyclic) bond motifs is 1. The van der Waals surface area contributed by atoms with Crippen molar-refractivity contribution in [3.8, 4) is 6.07 Å². The van der Waals surface area contributed by atoms with Gasteiger partial charge < -0.3 is 5.32 Å². The summed E-state index contributed by atoms with van der Waals surface area (Å²) in [5.74, 6) is -0.144. The molecule has 2 aromatic rings. The minimum absolute atomic E-state index is 0.144. The first-order chi connectivity index (χ1) is 7.19. The van der Waals surface area contributed by atoms with Gasteiger partial charge in [-0.05, 0) is 18.2 Å². The van der Waals surface area contributed by atoms with E-state index in [1.165, 1.54) is 18.3 Å². The Kier molecular flexibility index (Phi) is 2.35. The Morgan fingerprint density at radius 1 is 1.60 bits per heavy atom. The van der Waals surface area contributed by atoms with Gasteiger partial charge in [0.05, 0.1) is 21.8 Å². The number of thiazole rings is 1. The van der Waals surface area contributed by atoms with Gasteiger partial charge in [-0.2, -0.15) is 5.26 Å². The predicted molar refractivity (Wildman–Crippen MR) is 58.6 cm³/mol. The van der Waals surface area contributed by atoms with Gasteiger partial charge in [0.15, 0.2) is 5.13 Å². The lowest BCUT2D eigenvalue weighted by Gasteiger charge is -1.91. The molecule has 0 fully saturated rings. The van der Waals surface area contributed by atoms with Crippen LogP contribution in [0.3, 0.4) is 0 Å². The highest BCUT2D eigenvalue weighted by atomic mass is 32.1. The van der Waals surface area contributed by atoms with Crippen LogP contribution in [-0.2, 0) is 4.79 Å². The molecule has 0 aliphatic heterocycles. The summed E-state index contributed by atoms with van der Waals surface area (Å²) >= 11 is 1.36. The second kappa shape index (κ2) is 3.67. The summed E-state index contributed by atoms with van der Waals surface area (Å²) in [6.07, 6.45) is 0. The number of nitrogens with one attached hydrogen (secondary N) is 1. The van der Waals surface area contributed by atoms with Crippen LogP contribution in [0.15, 0.2) is 18.2 Å². The lowest BCUT2D eigenvalue weighted by atomic mass is 10.2. The summed E-state index contributed by atoms with van der Waals surface area (Å²) in [7, 11) is 0. The van der Waals surface area contributed by atoms with E-state index in [9.17, 15) is 4.79 Å². The van der Waals surface area contributed by atoms with Crippen molar-refractivity contribution in [3.05, 3.63) is 23.8 Å². The molecule has 1 aromatic carbocycles. The van der Waals surface area contributed by atoms with Crippen LogP contribution in [-0.4, -0.2) is 10.9 Å². The number of nitriles is 1. The quantitative estimate of drug-likeness (QED) is 0.795. The summed E-state index contributed by atoms with van der Waals surface area (Å²) < 4.78 is 0.901. The molecule has 1 amide bonds. The molecule has 15 heavy (non-hydrogen) atoms. The molecule has 0 radical (unpaired) electrons. The normalized spacial score (nSPS) is 9.87. The van der Waals surface area contributed by atoms with E-state index in [1.54, 1.807) is 18.2 Å². The van der Waals surface area contributed by atoms with Crippen molar-refractivity contribution in [2.75, 3.05) is 5.32 Å². The van der Waals surface area contributed by atoms with Crippen molar-refractivity contribution in [1.82, 2.24) is 4.98 Å². The van der Waals surface area contributed by atoms with Crippen LogP contribution in [0.25, 0.3) is 10.2 Å². The van der Waals surface area contributed by atoms with Crippen LogP contribution in [0.1, 0.15) is 12.5 Å². The third kappa shape index (κ3) is 1.95. The van der Waals surface area contributed by atoms with Crippen molar-refractivity contribution in [2.24, 2.45) is 0 Å². The fourth-order valence-electron chi connectivity index (χ4n) is 1.20. The van der Waals surface area contributed by atoms with Crippen LogP contribution < -0.4 is 5.32 Å². The van der Waals surface area contributed by atoms with E-state index in [1.807, 2.05) is 0 Å². The second-order valence-electron chi connectivity index (χ2n) is 2.99. The van der Waals surface area contributed by atoms with E-state index in [0.29, 0.717) is 10.7 Å². The van der Waals surface area contributed by atoms with E-state index in [0.717, 1.165) is 10.2 Å². The Labute approximate surface area is 90.2 Å².